The molecule has 1 aromatic carbocycles. The van der Waals surface area contributed by atoms with Crippen LogP contribution >= 0.6 is 0 Å². The Balaban J connectivity index is 1.59. The minimum absolute atomic E-state index is 0.102. The van der Waals surface area contributed by atoms with Gasteiger partial charge in [-0.15, -0.1) is 0 Å². The standard InChI is InChI=1S/C27H36F4N4O5S/c1-2-3-4-5-6-7-14-32-25(37)22-18-40-26(33-22)23-9-8-15-35(23)17-20-16-21(28)12-10-19(20)11-13-24(36)34-41(38,39)27(29,30)31/h10,12,16,18,23H,2-9,11,13-15,17H2,1H3,(H,32,37)(H,34,36)/t23-/m0/s1. The van der Waals surface area contributed by atoms with Crippen LogP contribution in [-0.4, -0.2) is 48.7 Å². The first kappa shape index (κ1) is 32.5. The number of hydrogen-bond acceptors (Lipinski definition) is 7. The van der Waals surface area contributed by atoms with Crippen LogP contribution in [0.3, 0.4) is 0 Å². The van der Waals surface area contributed by atoms with Crippen molar-refractivity contribution < 1.29 is 40.0 Å². The quantitative estimate of drug-likeness (QED) is 0.213. The average Bonchev–Trinajstić information content (AvgIpc) is 3.56. The Morgan fingerprint density at radius 3 is 2.59 bits per heavy atom. The summed E-state index contributed by atoms with van der Waals surface area (Å²) in [6.07, 6.45) is 8.76. The maximum atomic E-state index is 14.1. The first-order chi connectivity index (χ1) is 19.4. The number of rotatable bonds is 15. The molecule has 1 aliphatic heterocycles. The van der Waals surface area contributed by atoms with Crippen LogP contribution < -0.4 is 10.0 Å². The molecule has 0 aliphatic carbocycles. The molecule has 2 amide bonds. The molecular weight excluding hydrogens is 568 g/mol. The van der Waals surface area contributed by atoms with Gasteiger partial charge in [-0.2, -0.15) is 21.6 Å². The lowest BCUT2D eigenvalue weighted by atomic mass is 10.0. The summed E-state index contributed by atoms with van der Waals surface area (Å²) in [5, 5.41) is 2.85. The van der Waals surface area contributed by atoms with E-state index in [1.807, 2.05) is 4.90 Å². The van der Waals surface area contributed by atoms with Crippen molar-refractivity contribution >= 4 is 21.8 Å². The highest BCUT2D eigenvalue weighted by Gasteiger charge is 2.46. The van der Waals surface area contributed by atoms with Crippen LogP contribution in [0.1, 0.15) is 98.3 Å². The third-order valence-electron chi connectivity index (χ3n) is 6.94. The molecule has 14 heteroatoms. The molecule has 0 saturated carbocycles. The number of likely N-dealkylation sites (tertiary alicyclic amines) is 1. The highest BCUT2D eigenvalue weighted by molar-refractivity contribution is 7.90. The number of aromatic nitrogens is 1. The van der Waals surface area contributed by atoms with E-state index in [2.05, 4.69) is 17.2 Å². The summed E-state index contributed by atoms with van der Waals surface area (Å²) in [6, 6.07) is 3.56. The van der Waals surface area contributed by atoms with E-state index < -0.39 is 33.7 Å². The number of benzene rings is 1. The van der Waals surface area contributed by atoms with Crippen molar-refractivity contribution in [3.63, 3.8) is 0 Å². The van der Waals surface area contributed by atoms with Gasteiger partial charge in [0.15, 0.2) is 5.69 Å². The van der Waals surface area contributed by atoms with Crippen molar-refractivity contribution in [2.45, 2.75) is 89.2 Å². The van der Waals surface area contributed by atoms with Crippen molar-refractivity contribution in [3.8, 4) is 0 Å². The number of alkyl halides is 3. The highest BCUT2D eigenvalue weighted by Crippen LogP contribution is 2.33. The Hall–Kier alpha value is -3.00. The minimum Gasteiger partial charge on any atom is -0.446 e. The van der Waals surface area contributed by atoms with Crippen LogP contribution in [0, 0.1) is 5.82 Å². The van der Waals surface area contributed by atoms with Crippen molar-refractivity contribution in [2.24, 2.45) is 0 Å². The molecule has 2 N–H and O–H groups in total. The maximum Gasteiger partial charge on any atom is 0.516 e. The Morgan fingerprint density at radius 2 is 1.85 bits per heavy atom. The molecule has 0 unspecified atom stereocenters. The predicted octanol–water partition coefficient (Wildman–Crippen LogP) is 5.14. The van der Waals surface area contributed by atoms with Gasteiger partial charge in [0.2, 0.25) is 11.8 Å². The molecule has 0 spiro atoms. The number of aryl methyl sites for hydroxylation is 1. The van der Waals surface area contributed by atoms with Gasteiger partial charge in [-0.3, -0.25) is 14.5 Å². The van der Waals surface area contributed by atoms with Crippen LogP contribution in [-0.2, 0) is 27.8 Å². The molecule has 9 nitrogen and oxygen atoms in total. The van der Waals surface area contributed by atoms with E-state index >= 15 is 0 Å². The van der Waals surface area contributed by atoms with E-state index in [0.29, 0.717) is 36.5 Å². The van der Waals surface area contributed by atoms with Crippen LogP contribution in [0.25, 0.3) is 0 Å². The topological polar surface area (TPSA) is 122 Å². The number of nitrogens with zero attached hydrogens (tertiary/aromatic N) is 2. The molecular formula is C27H36F4N4O5S. The number of oxazole rings is 1. The Bertz CT molecular complexity index is 1280. The molecule has 1 aliphatic rings. The fourth-order valence-electron chi connectivity index (χ4n) is 4.75. The minimum atomic E-state index is -5.80. The smallest absolute Gasteiger partial charge is 0.446 e. The number of nitrogens with one attached hydrogen (secondary N) is 2. The Morgan fingerprint density at radius 1 is 1.12 bits per heavy atom. The first-order valence-electron chi connectivity index (χ1n) is 13.8. The summed E-state index contributed by atoms with van der Waals surface area (Å²) in [7, 11) is -5.80. The molecule has 41 heavy (non-hydrogen) atoms. The summed E-state index contributed by atoms with van der Waals surface area (Å²) in [5.74, 6) is -1.83. The zero-order chi connectivity index (χ0) is 30.0. The fourth-order valence-corrected chi connectivity index (χ4v) is 5.27. The van der Waals surface area contributed by atoms with E-state index in [1.165, 1.54) is 37.7 Å². The van der Waals surface area contributed by atoms with Gasteiger partial charge in [0.1, 0.15) is 12.1 Å². The number of unbranched alkanes of at least 4 members (excludes halogenated alkanes) is 5. The fraction of sp³-hybridized carbons (Fsp3) is 0.593. The van der Waals surface area contributed by atoms with Crippen molar-refractivity contribution in [2.75, 3.05) is 13.1 Å². The zero-order valence-electron chi connectivity index (χ0n) is 22.9. The SMILES string of the molecule is CCCCCCCCNC(=O)c1coc([C@@H]2CCCN2Cc2cc(F)ccc2CCC(=O)NS(=O)(=O)C(F)(F)F)n1. The van der Waals surface area contributed by atoms with Gasteiger partial charge in [0, 0.05) is 19.5 Å². The second-order valence-corrected chi connectivity index (χ2v) is 11.8. The zero-order valence-corrected chi connectivity index (χ0v) is 23.8. The van der Waals surface area contributed by atoms with Gasteiger partial charge in [-0.05, 0) is 55.5 Å². The molecule has 3 rings (SSSR count). The van der Waals surface area contributed by atoms with Crippen LogP contribution in [0.5, 0.6) is 0 Å². The third kappa shape index (κ3) is 9.52. The Labute approximate surface area is 237 Å². The summed E-state index contributed by atoms with van der Waals surface area (Å²) in [5.41, 5.74) is -4.46. The molecule has 0 bridgehead atoms. The molecule has 2 heterocycles. The summed E-state index contributed by atoms with van der Waals surface area (Å²) < 4.78 is 80.8. The van der Waals surface area contributed by atoms with Crippen LogP contribution in [0.15, 0.2) is 28.9 Å². The first-order valence-corrected chi connectivity index (χ1v) is 15.3. The van der Waals surface area contributed by atoms with Crippen LogP contribution in [0.2, 0.25) is 0 Å². The molecule has 2 aromatic rings. The lowest BCUT2D eigenvalue weighted by molar-refractivity contribution is -0.120. The number of carbonyl (C=O) groups is 2. The third-order valence-corrected chi connectivity index (χ3v) is 8.04. The monoisotopic (exact) mass is 604 g/mol. The van der Waals surface area contributed by atoms with Crippen molar-refractivity contribution in [3.05, 3.63) is 53.0 Å². The van der Waals surface area contributed by atoms with E-state index in [9.17, 15) is 35.6 Å². The largest absolute Gasteiger partial charge is 0.516 e. The van der Waals surface area contributed by atoms with Gasteiger partial charge in [0.05, 0.1) is 6.04 Å². The number of carbonyl (C=O) groups excluding carboxylic acids is 2. The van der Waals surface area contributed by atoms with Gasteiger partial charge >= 0.3 is 15.5 Å². The van der Waals surface area contributed by atoms with Crippen molar-refractivity contribution in [1.82, 2.24) is 19.9 Å². The van der Waals surface area contributed by atoms with Gasteiger partial charge in [-0.25, -0.2) is 14.1 Å². The van der Waals surface area contributed by atoms with E-state index in [4.69, 9.17) is 4.42 Å². The van der Waals surface area contributed by atoms with E-state index in [0.717, 1.165) is 36.5 Å². The van der Waals surface area contributed by atoms with E-state index in [-0.39, 0.29) is 30.6 Å². The molecule has 1 fully saturated rings. The Kier molecular flexibility index (Phi) is 11.7. The predicted molar refractivity (Wildman–Crippen MR) is 142 cm³/mol. The van der Waals surface area contributed by atoms with Gasteiger partial charge in [0.25, 0.3) is 5.91 Å². The lowest BCUT2D eigenvalue weighted by Crippen LogP contribution is -2.40. The van der Waals surface area contributed by atoms with Crippen molar-refractivity contribution in [1.29, 1.82) is 0 Å². The normalized spacial score (nSPS) is 16.2. The summed E-state index contributed by atoms with van der Waals surface area (Å²) >= 11 is 0. The molecule has 1 saturated heterocycles. The van der Waals surface area contributed by atoms with Gasteiger partial charge < -0.3 is 9.73 Å². The second-order valence-electron chi connectivity index (χ2n) is 10.1. The molecule has 1 atom stereocenters. The molecule has 228 valence electrons. The average molecular weight is 605 g/mol. The molecule has 0 radical (unpaired) electrons. The van der Waals surface area contributed by atoms with Crippen LogP contribution in [0.4, 0.5) is 17.6 Å². The van der Waals surface area contributed by atoms with E-state index in [1.54, 1.807) is 0 Å². The second kappa shape index (κ2) is 14.8. The summed E-state index contributed by atoms with van der Waals surface area (Å²) in [4.78, 5) is 30.8. The lowest BCUT2D eigenvalue weighted by Gasteiger charge is -2.23. The maximum absolute atomic E-state index is 14.1. The molecule has 1 aromatic heterocycles. The number of halogens is 4. The van der Waals surface area contributed by atoms with Gasteiger partial charge in [-0.1, -0.05) is 45.1 Å². The highest BCUT2D eigenvalue weighted by atomic mass is 32.2. The number of sulfonamides is 1. The number of hydrogen-bond donors (Lipinski definition) is 2. The number of amides is 2. The summed E-state index contributed by atoms with van der Waals surface area (Å²) in [6.45, 7) is 3.55.